The van der Waals surface area contributed by atoms with Gasteiger partial charge in [0.2, 0.25) is 0 Å². The van der Waals surface area contributed by atoms with E-state index in [1.807, 2.05) is 0 Å². The lowest BCUT2D eigenvalue weighted by atomic mass is 9.93. The van der Waals surface area contributed by atoms with E-state index in [-0.39, 0.29) is 22.6 Å². The van der Waals surface area contributed by atoms with Gasteiger partial charge in [0.25, 0.3) is 5.91 Å². The highest BCUT2D eigenvalue weighted by Crippen LogP contribution is 2.47. The largest absolute Gasteiger partial charge is 0.426 e. The topological polar surface area (TPSA) is 54.9 Å². The molecule has 0 bridgehead atoms. The number of aryl methyl sites for hydroxylation is 1. The van der Waals surface area contributed by atoms with Gasteiger partial charge in [-0.1, -0.05) is 12.1 Å². The van der Waals surface area contributed by atoms with E-state index >= 15 is 0 Å². The van der Waals surface area contributed by atoms with Crippen LogP contribution in [0.25, 0.3) is 11.3 Å². The van der Waals surface area contributed by atoms with E-state index < -0.39 is 22.8 Å². The molecule has 2 aromatic heterocycles. The molecule has 9 heteroatoms. The Morgan fingerprint density at radius 2 is 1.83 bits per heavy atom. The standard InChI is InChI=1S/C20H15F4N3OS/c21-13-7-3-1-5-11(13)19(28)27-16-10-25-14(9-26-16)17-12-6-2-4-8-15(12)29-18(17)20(22,23)24/h1,3,5,7,9-10H,2,4,6,8H2,(H,26,27,28). The van der Waals surface area contributed by atoms with Gasteiger partial charge in [-0.2, -0.15) is 13.2 Å². The molecule has 1 aromatic carbocycles. The average Bonchev–Trinajstić information content (AvgIpc) is 3.09. The van der Waals surface area contributed by atoms with E-state index in [1.165, 1.54) is 30.6 Å². The van der Waals surface area contributed by atoms with Gasteiger partial charge in [0.05, 0.1) is 23.7 Å². The van der Waals surface area contributed by atoms with Crippen molar-refractivity contribution in [3.8, 4) is 11.3 Å². The minimum absolute atomic E-state index is 0.0275. The molecule has 1 amide bonds. The molecule has 150 valence electrons. The number of thiophene rings is 1. The first-order valence-electron chi connectivity index (χ1n) is 8.94. The van der Waals surface area contributed by atoms with Crippen LogP contribution in [0.3, 0.4) is 0 Å². The van der Waals surface area contributed by atoms with Crippen molar-refractivity contribution in [2.75, 3.05) is 5.32 Å². The molecule has 0 saturated carbocycles. The molecule has 3 aromatic rings. The fourth-order valence-corrected chi connectivity index (χ4v) is 4.65. The number of anilines is 1. The number of nitrogens with one attached hydrogen (secondary N) is 1. The summed E-state index contributed by atoms with van der Waals surface area (Å²) in [7, 11) is 0. The normalized spacial score (nSPS) is 13.8. The Morgan fingerprint density at radius 1 is 1.07 bits per heavy atom. The molecule has 0 radical (unpaired) electrons. The summed E-state index contributed by atoms with van der Waals surface area (Å²) in [6.07, 6.45) is 0.828. The lowest BCUT2D eigenvalue weighted by molar-refractivity contribution is -0.133. The lowest BCUT2D eigenvalue weighted by Gasteiger charge is -2.13. The van der Waals surface area contributed by atoms with Crippen LogP contribution in [0.2, 0.25) is 0 Å². The van der Waals surface area contributed by atoms with E-state index in [0.717, 1.165) is 35.1 Å². The van der Waals surface area contributed by atoms with E-state index in [9.17, 15) is 22.4 Å². The number of rotatable bonds is 3. The van der Waals surface area contributed by atoms with E-state index in [4.69, 9.17) is 0 Å². The monoisotopic (exact) mass is 421 g/mol. The molecule has 1 aliphatic carbocycles. The zero-order valence-corrected chi connectivity index (χ0v) is 15.8. The van der Waals surface area contributed by atoms with Gasteiger partial charge in [0.15, 0.2) is 5.82 Å². The summed E-state index contributed by atoms with van der Waals surface area (Å²) in [4.78, 5) is 20.4. The Hall–Kier alpha value is -2.81. The number of halogens is 4. The van der Waals surface area contributed by atoms with Crippen LogP contribution in [0.1, 0.15) is 38.5 Å². The number of hydrogen-bond donors (Lipinski definition) is 1. The van der Waals surface area contributed by atoms with Gasteiger partial charge < -0.3 is 5.32 Å². The quantitative estimate of drug-likeness (QED) is 0.569. The molecule has 2 heterocycles. The molecule has 0 fully saturated rings. The van der Waals surface area contributed by atoms with Gasteiger partial charge in [-0.05, 0) is 43.4 Å². The molecule has 0 saturated heterocycles. The van der Waals surface area contributed by atoms with Crippen molar-refractivity contribution in [3.05, 3.63) is 63.4 Å². The summed E-state index contributed by atoms with van der Waals surface area (Å²) in [5.74, 6) is -1.37. The molecule has 4 rings (SSSR count). The smallest absolute Gasteiger partial charge is 0.305 e. The molecule has 0 aliphatic heterocycles. The molecule has 1 N–H and O–H groups in total. The zero-order valence-electron chi connectivity index (χ0n) is 15.0. The van der Waals surface area contributed by atoms with Gasteiger partial charge in [-0.25, -0.2) is 9.37 Å². The molecule has 29 heavy (non-hydrogen) atoms. The number of amides is 1. The van der Waals surface area contributed by atoms with Crippen LogP contribution in [0.15, 0.2) is 36.7 Å². The number of benzene rings is 1. The summed E-state index contributed by atoms with van der Waals surface area (Å²) in [6, 6.07) is 5.45. The Balaban J connectivity index is 1.64. The van der Waals surface area contributed by atoms with Crippen LogP contribution in [-0.4, -0.2) is 15.9 Å². The van der Waals surface area contributed by atoms with Crippen molar-refractivity contribution in [2.24, 2.45) is 0 Å². The van der Waals surface area contributed by atoms with Crippen LogP contribution < -0.4 is 5.32 Å². The highest BCUT2D eigenvalue weighted by molar-refractivity contribution is 7.12. The summed E-state index contributed by atoms with van der Waals surface area (Å²) < 4.78 is 54.4. The van der Waals surface area contributed by atoms with Gasteiger partial charge in [-0.15, -0.1) is 11.3 Å². The Labute approximate surface area is 167 Å². The first-order valence-corrected chi connectivity index (χ1v) is 9.76. The van der Waals surface area contributed by atoms with E-state index in [2.05, 4.69) is 15.3 Å². The Kier molecular flexibility index (Phi) is 5.08. The third-order valence-electron chi connectivity index (χ3n) is 4.70. The predicted molar refractivity (Wildman–Crippen MR) is 101 cm³/mol. The summed E-state index contributed by atoms with van der Waals surface area (Å²) in [5, 5.41) is 2.41. The minimum atomic E-state index is -4.48. The number of carbonyl (C=O) groups excluding carboxylic acids is 1. The Bertz CT molecular complexity index is 1060. The molecule has 0 atom stereocenters. The highest BCUT2D eigenvalue weighted by atomic mass is 32.1. The lowest BCUT2D eigenvalue weighted by Crippen LogP contribution is -2.15. The van der Waals surface area contributed by atoms with Crippen molar-refractivity contribution in [1.29, 1.82) is 0 Å². The van der Waals surface area contributed by atoms with Crippen LogP contribution in [0, 0.1) is 5.82 Å². The third kappa shape index (κ3) is 3.87. The second-order valence-electron chi connectivity index (χ2n) is 6.63. The van der Waals surface area contributed by atoms with Gasteiger partial charge in [0, 0.05) is 10.4 Å². The fourth-order valence-electron chi connectivity index (χ4n) is 3.39. The Morgan fingerprint density at radius 3 is 2.52 bits per heavy atom. The van der Waals surface area contributed by atoms with Crippen molar-refractivity contribution >= 4 is 23.1 Å². The maximum atomic E-state index is 13.7. The fraction of sp³-hybridized carbons (Fsp3) is 0.250. The zero-order chi connectivity index (χ0) is 20.6. The van der Waals surface area contributed by atoms with Crippen molar-refractivity contribution in [1.82, 2.24) is 9.97 Å². The minimum Gasteiger partial charge on any atom is -0.305 e. The number of carbonyl (C=O) groups is 1. The molecule has 4 nitrogen and oxygen atoms in total. The van der Waals surface area contributed by atoms with Crippen LogP contribution in [-0.2, 0) is 19.0 Å². The van der Waals surface area contributed by atoms with Crippen molar-refractivity contribution in [2.45, 2.75) is 31.9 Å². The molecule has 0 spiro atoms. The van der Waals surface area contributed by atoms with Gasteiger partial charge >= 0.3 is 6.18 Å². The van der Waals surface area contributed by atoms with E-state index in [1.54, 1.807) is 0 Å². The van der Waals surface area contributed by atoms with Gasteiger partial charge in [0.1, 0.15) is 10.7 Å². The molecular formula is C20H15F4N3OS. The number of nitrogens with zero attached hydrogens (tertiary/aromatic N) is 2. The maximum absolute atomic E-state index is 13.7. The van der Waals surface area contributed by atoms with E-state index in [0.29, 0.717) is 18.4 Å². The van der Waals surface area contributed by atoms with Crippen LogP contribution in [0.5, 0.6) is 0 Å². The highest BCUT2D eigenvalue weighted by Gasteiger charge is 2.39. The average molecular weight is 421 g/mol. The number of alkyl halides is 3. The van der Waals surface area contributed by atoms with Crippen molar-refractivity contribution in [3.63, 3.8) is 0 Å². The maximum Gasteiger partial charge on any atom is 0.426 e. The number of fused-ring (bicyclic) bond motifs is 1. The summed E-state index contributed by atoms with van der Waals surface area (Å²) in [6.45, 7) is 0. The molecular weight excluding hydrogens is 406 g/mol. The molecule has 0 unspecified atom stereocenters. The first kappa shape index (κ1) is 19.5. The molecule has 1 aliphatic rings. The summed E-state index contributed by atoms with van der Waals surface area (Å²) >= 11 is 0.773. The van der Waals surface area contributed by atoms with Crippen LogP contribution >= 0.6 is 11.3 Å². The number of hydrogen-bond acceptors (Lipinski definition) is 4. The third-order valence-corrected chi connectivity index (χ3v) is 6.03. The summed E-state index contributed by atoms with van der Waals surface area (Å²) in [5.41, 5.74) is 0.716. The van der Waals surface area contributed by atoms with Crippen molar-refractivity contribution < 1.29 is 22.4 Å². The second kappa shape index (κ2) is 7.55. The van der Waals surface area contributed by atoms with Crippen LogP contribution in [0.4, 0.5) is 23.4 Å². The predicted octanol–water partition coefficient (Wildman–Crippen LogP) is 5.49. The first-order chi connectivity index (χ1) is 13.8. The number of aromatic nitrogens is 2. The second-order valence-corrected chi connectivity index (χ2v) is 7.74. The SMILES string of the molecule is O=C(Nc1cnc(-c2c(C(F)(F)F)sc3c2CCCC3)cn1)c1ccccc1F. The van der Waals surface area contributed by atoms with Gasteiger partial charge in [-0.3, -0.25) is 9.78 Å².